The number of rotatable bonds is 5. The molecule has 4 fully saturated rings. The highest BCUT2D eigenvalue weighted by atomic mass is 32.2. The Morgan fingerprint density at radius 3 is 2.29 bits per heavy atom. The third kappa shape index (κ3) is 3.82. The van der Waals surface area contributed by atoms with Crippen LogP contribution in [0.3, 0.4) is 0 Å². The first kappa shape index (κ1) is 20.4. The van der Waals surface area contributed by atoms with Gasteiger partial charge in [0.05, 0.1) is 11.3 Å². The lowest BCUT2D eigenvalue weighted by atomic mass is 9.49. The Bertz CT molecular complexity index is 1030. The molecule has 4 bridgehead atoms. The first-order valence-corrected chi connectivity index (χ1v) is 11.7. The summed E-state index contributed by atoms with van der Waals surface area (Å²) in [5, 5.41) is 12.3. The van der Waals surface area contributed by atoms with E-state index in [-0.39, 0.29) is 11.2 Å². The Balaban J connectivity index is 1.34. The normalized spacial score (nSPS) is 28.4. The number of amides is 1. The van der Waals surface area contributed by atoms with Gasteiger partial charge in [0.25, 0.3) is 0 Å². The summed E-state index contributed by atoms with van der Waals surface area (Å²) in [6.07, 6.45) is 7.50. The average molecular weight is 440 g/mol. The lowest BCUT2D eigenvalue weighted by Crippen LogP contribution is -2.49. The Labute approximate surface area is 184 Å². The molecule has 4 nitrogen and oxygen atoms in total. The van der Waals surface area contributed by atoms with Gasteiger partial charge in [-0.2, -0.15) is 5.26 Å². The van der Waals surface area contributed by atoms with E-state index >= 15 is 0 Å². The molecule has 1 amide bonds. The summed E-state index contributed by atoms with van der Waals surface area (Å²) in [4.78, 5) is 17.2. The van der Waals surface area contributed by atoms with Crippen LogP contribution in [0, 0.1) is 40.7 Å². The van der Waals surface area contributed by atoms with Gasteiger partial charge in [0.1, 0.15) is 28.4 Å². The van der Waals surface area contributed by atoms with E-state index < -0.39 is 23.2 Å². The maximum absolute atomic E-state index is 13.8. The molecule has 0 saturated heterocycles. The topological polar surface area (TPSA) is 65.8 Å². The summed E-state index contributed by atoms with van der Waals surface area (Å²) < 4.78 is 27.6. The molecular formula is C24H23F2N3OS. The van der Waals surface area contributed by atoms with Crippen LogP contribution in [0.25, 0.3) is 0 Å². The zero-order chi connectivity index (χ0) is 21.6. The van der Waals surface area contributed by atoms with Gasteiger partial charge in [-0.25, -0.2) is 13.8 Å². The number of nitrogens with one attached hydrogen (secondary N) is 1. The van der Waals surface area contributed by atoms with Crippen LogP contribution in [0.1, 0.15) is 49.8 Å². The van der Waals surface area contributed by atoms with Crippen molar-refractivity contribution in [1.29, 1.82) is 5.26 Å². The van der Waals surface area contributed by atoms with Crippen molar-refractivity contribution in [3.05, 3.63) is 53.2 Å². The summed E-state index contributed by atoms with van der Waals surface area (Å²) in [6.45, 7) is 0. The quantitative estimate of drug-likeness (QED) is 0.631. The highest BCUT2D eigenvalue weighted by molar-refractivity contribution is 8.00. The molecule has 2 aromatic rings. The molecular weight excluding hydrogens is 416 g/mol. The van der Waals surface area contributed by atoms with Crippen molar-refractivity contribution in [1.82, 2.24) is 4.98 Å². The van der Waals surface area contributed by atoms with Gasteiger partial charge in [0.2, 0.25) is 5.91 Å². The average Bonchev–Trinajstić information content (AvgIpc) is 2.74. The number of benzene rings is 1. The van der Waals surface area contributed by atoms with Crippen molar-refractivity contribution in [2.45, 2.75) is 49.0 Å². The summed E-state index contributed by atoms with van der Waals surface area (Å²) in [5.41, 5.74) is 1.09. The van der Waals surface area contributed by atoms with Crippen LogP contribution >= 0.6 is 11.8 Å². The standard InChI is InChI=1S/C24H23F2N3OS/c25-18-2-1-3-19(26)22(18)29-21(30)13-31-23-17(12-27)4-5-20(28-23)24-9-14-6-15(10-24)8-16(7-14)11-24/h1-5,14-16H,6-11,13H2,(H,29,30). The van der Waals surface area contributed by atoms with E-state index in [0.717, 1.165) is 66.6 Å². The van der Waals surface area contributed by atoms with Gasteiger partial charge in [0, 0.05) is 11.1 Å². The van der Waals surface area contributed by atoms with E-state index in [4.69, 9.17) is 4.98 Å². The number of pyridine rings is 1. The van der Waals surface area contributed by atoms with Gasteiger partial charge < -0.3 is 5.32 Å². The largest absolute Gasteiger partial charge is 0.320 e. The summed E-state index contributed by atoms with van der Waals surface area (Å²) in [5.74, 6) is 0.0689. The number of carbonyl (C=O) groups excluding carboxylic acids is 1. The number of nitriles is 1. The van der Waals surface area contributed by atoms with Crippen LogP contribution in [0.2, 0.25) is 0 Å². The number of thioether (sulfide) groups is 1. The number of halogens is 2. The second-order valence-electron chi connectivity index (χ2n) is 9.29. The zero-order valence-corrected chi connectivity index (χ0v) is 17.9. The van der Waals surface area contributed by atoms with Crippen molar-refractivity contribution in [3.8, 4) is 6.07 Å². The second-order valence-corrected chi connectivity index (χ2v) is 10.3. The van der Waals surface area contributed by atoms with E-state index in [9.17, 15) is 18.8 Å². The SMILES string of the molecule is N#Cc1ccc(C23CC4CC(CC(C4)C2)C3)nc1SCC(=O)Nc1c(F)cccc1F. The molecule has 1 N–H and O–H groups in total. The van der Waals surface area contributed by atoms with Gasteiger partial charge in [-0.05, 0) is 80.5 Å². The molecule has 31 heavy (non-hydrogen) atoms. The van der Waals surface area contributed by atoms with Crippen LogP contribution < -0.4 is 5.32 Å². The van der Waals surface area contributed by atoms with E-state index in [2.05, 4.69) is 11.4 Å². The fraction of sp³-hybridized carbons (Fsp3) is 0.458. The fourth-order valence-electron chi connectivity index (χ4n) is 6.28. The van der Waals surface area contributed by atoms with Crippen molar-refractivity contribution in [3.63, 3.8) is 0 Å². The first-order valence-electron chi connectivity index (χ1n) is 10.7. The third-order valence-corrected chi connectivity index (χ3v) is 8.12. The highest BCUT2D eigenvalue weighted by Crippen LogP contribution is 2.60. The number of carbonyl (C=O) groups is 1. The smallest absolute Gasteiger partial charge is 0.234 e. The monoisotopic (exact) mass is 439 g/mol. The summed E-state index contributed by atoms with van der Waals surface area (Å²) >= 11 is 1.14. The lowest BCUT2D eigenvalue weighted by molar-refractivity contribution is -0.113. The number of aromatic nitrogens is 1. The van der Waals surface area contributed by atoms with Crippen molar-refractivity contribution >= 4 is 23.4 Å². The minimum absolute atomic E-state index is 0.0835. The number of nitrogens with zero attached hydrogens (tertiary/aromatic N) is 2. The number of anilines is 1. The molecule has 6 rings (SSSR count). The van der Waals surface area contributed by atoms with Crippen molar-refractivity contribution < 1.29 is 13.6 Å². The first-order chi connectivity index (χ1) is 15.0. The Kier molecular flexibility index (Phi) is 5.21. The van der Waals surface area contributed by atoms with Crippen LogP contribution in [-0.4, -0.2) is 16.6 Å². The second kappa shape index (κ2) is 7.90. The summed E-state index contributed by atoms with van der Waals surface area (Å²) in [7, 11) is 0. The van der Waals surface area contributed by atoms with Gasteiger partial charge in [0.15, 0.2) is 0 Å². The molecule has 160 valence electrons. The van der Waals surface area contributed by atoms with Crippen molar-refractivity contribution in [2.24, 2.45) is 17.8 Å². The van der Waals surface area contributed by atoms with Crippen LogP contribution in [0.5, 0.6) is 0 Å². The lowest BCUT2D eigenvalue weighted by Gasteiger charge is -2.56. The maximum atomic E-state index is 13.8. The molecule has 0 unspecified atom stereocenters. The van der Waals surface area contributed by atoms with E-state index in [0.29, 0.717) is 10.6 Å². The van der Waals surface area contributed by atoms with E-state index in [1.54, 1.807) is 6.07 Å². The van der Waals surface area contributed by atoms with E-state index in [1.165, 1.54) is 25.3 Å². The van der Waals surface area contributed by atoms with Crippen LogP contribution in [0.4, 0.5) is 14.5 Å². The molecule has 1 aromatic heterocycles. The minimum atomic E-state index is -0.821. The number of para-hydroxylation sites is 1. The molecule has 4 saturated carbocycles. The van der Waals surface area contributed by atoms with Crippen molar-refractivity contribution in [2.75, 3.05) is 11.1 Å². The number of hydrogen-bond donors (Lipinski definition) is 1. The van der Waals surface area contributed by atoms with Gasteiger partial charge in [-0.3, -0.25) is 4.79 Å². The molecule has 0 radical (unpaired) electrons. The highest BCUT2D eigenvalue weighted by Gasteiger charge is 2.52. The Hall–Kier alpha value is -2.46. The van der Waals surface area contributed by atoms with Gasteiger partial charge in [-0.15, -0.1) is 0 Å². The van der Waals surface area contributed by atoms with Gasteiger partial charge >= 0.3 is 0 Å². The molecule has 0 atom stereocenters. The summed E-state index contributed by atoms with van der Waals surface area (Å²) in [6, 6.07) is 9.38. The Morgan fingerprint density at radius 1 is 1.10 bits per heavy atom. The molecule has 4 aliphatic rings. The molecule has 7 heteroatoms. The maximum Gasteiger partial charge on any atom is 0.234 e. The fourth-order valence-corrected chi connectivity index (χ4v) is 7.05. The van der Waals surface area contributed by atoms with Crippen LogP contribution in [-0.2, 0) is 10.2 Å². The van der Waals surface area contributed by atoms with E-state index in [1.807, 2.05) is 6.07 Å². The molecule has 1 aromatic carbocycles. The minimum Gasteiger partial charge on any atom is -0.320 e. The Morgan fingerprint density at radius 2 is 1.71 bits per heavy atom. The molecule has 4 aliphatic carbocycles. The third-order valence-electron chi connectivity index (χ3n) is 7.13. The number of hydrogen-bond acceptors (Lipinski definition) is 4. The molecule has 1 heterocycles. The molecule has 0 aliphatic heterocycles. The zero-order valence-electron chi connectivity index (χ0n) is 17.0. The predicted octanol–water partition coefficient (Wildman–Crippen LogP) is 5.43. The predicted molar refractivity (Wildman–Crippen MR) is 115 cm³/mol. The van der Waals surface area contributed by atoms with Gasteiger partial charge in [-0.1, -0.05) is 17.8 Å². The van der Waals surface area contributed by atoms with Crippen LogP contribution in [0.15, 0.2) is 35.4 Å². The molecule has 0 spiro atoms.